The average Bonchev–Trinajstić information content (AvgIpc) is 2.91. The standard InChI is InChI=1S/C32H43F3O2/c1-3-4-5-6-19-36-26-15-18-30(29(33)20-26)37-21-23-9-13-25(14-10-23)28-17-16-27(31(34)32(28)35)24-11-7-22(2)8-12-24/h15-18,20,22-25H,3-14,19,21H2,1-2H3. The van der Waals surface area contributed by atoms with Crippen LogP contribution in [-0.2, 0) is 0 Å². The number of hydrogen-bond acceptors (Lipinski definition) is 2. The van der Waals surface area contributed by atoms with Gasteiger partial charge in [-0.05, 0) is 91.9 Å². The predicted octanol–water partition coefficient (Wildman–Crippen LogP) is 9.71. The predicted molar refractivity (Wildman–Crippen MR) is 143 cm³/mol. The van der Waals surface area contributed by atoms with Crippen LogP contribution in [0.4, 0.5) is 13.2 Å². The summed E-state index contributed by atoms with van der Waals surface area (Å²) in [5, 5.41) is 0. The van der Waals surface area contributed by atoms with Crippen LogP contribution in [0.3, 0.4) is 0 Å². The molecule has 2 nitrogen and oxygen atoms in total. The van der Waals surface area contributed by atoms with Crippen molar-refractivity contribution in [2.24, 2.45) is 11.8 Å². The molecule has 204 valence electrons. The molecular formula is C32H43F3O2. The highest BCUT2D eigenvalue weighted by Gasteiger charge is 2.29. The molecule has 2 aliphatic carbocycles. The Balaban J connectivity index is 1.24. The lowest BCUT2D eigenvalue weighted by molar-refractivity contribution is 0.193. The van der Waals surface area contributed by atoms with Gasteiger partial charge in [0.1, 0.15) is 5.75 Å². The van der Waals surface area contributed by atoms with E-state index in [1.54, 1.807) is 12.1 Å². The van der Waals surface area contributed by atoms with E-state index in [4.69, 9.17) is 9.47 Å². The molecule has 37 heavy (non-hydrogen) atoms. The van der Waals surface area contributed by atoms with E-state index >= 15 is 8.78 Å². The van der Waals surface area contributed by atoms with Crippen molar-refractivity contribution in [1.82, 2.24) is 0 Å². The van der Waals surface area contributed by atoms with E-state index < -0.39 is 17.5 Å². The highest BCUT2D eigenvalue weighted by molar-refractivity contribution is 5.33. The van der Waals surface area contributed by atoms with Crippen LogP contribution in [0, 0.1) is 29.3 Å². The fraction of sp³-hybridized carbons (Fsp3) is 0.625. The number of benzene rings is 2. The van der Waals surface area contributed by atoms with Gasteiger partial charge in [-0.1, -0.05) is 58.1 Å². The van der Waals surface area contributed by atoms with Crippen LogP contribution in [0.1, 0.15) is 114 Å². The Hall–Kier alpha value is -2.17. The molecule has 5 heteroatoms. The molecule has 2 aromatic rings. The van der Waals surface area contributed by atoms with Crippen molar-refractivity contribution in [2.75, 3.05) is 13.2 Å². The second-order valence-corrected chi connectivity index (χ2v) is 11.4. The maximum absolute atomic E-state index is 15.1. The summed E-state index contributed by atoms with van der Waals surface area (Å²) in [6.07, 6.45) is 11.8. The Morgan fingerprint density at radius 1 is 0.730 bits per heavy atom. The van der Waals surface area contributed by atoms with Crippen LogP contribution >= 0.6 is 0 Å². The maximum Gasteiger partial charge on any atom is 0.168 e. The molecule has 0 radical (unpaired) electrons. The first-order valence-corrected chi connectivity index (χ1v) is 14.5. The molecule has 0 atom stereocenters. The Morgan fingerprint density at radius 2 is 1.35 bits per heavy atom. The zero-order valence-electron chi connectivity index (χ0n) is 22.5. The minimum atomic E-state index is -0.648. The third-order valence-corrected chi connectivity index (χ3v) is 8.53. The summed E-state index contributed by atoms with van der Waals surface area (Å²) in [6.45, 7) is 5.42. The minimum absolute atomic E-state index is 0.0247. The molecule has 0 heterocycles. The Morgan fingerprint density at radius 3 is 1.95 bits per heavy atom. The van der Waals surface area contributed by atoms with Crippen LogP contribution < -0.4 is 9.47 Å². The molecule has 0 saturated heterocycles. The van der Waals surface area contributed by atoms with Gasteiger partial charge < -0.3 is 9.47 Å². The van der Waals surface area contributed by atoms with Gasteiger partial charge in [0.05, 0.1) is 13.2 Å². The van der Waals surface area contributed by atoms with Crippen molar-refractivity contribution in [3.63, 3.8) is 0 Å². The van der Waals surface area contributed by atoms with Crippen molar-refractivity contribution >= 4 is 0 Å². The van der Waals surface area contributed by atoms with Gasteiger partial charge in [0, 0.05) is 6.07 Å². The molecule has 4 rings (SSSR count). The lowest BCUT2D eigenvalue weighted by Gasteiger charge is -2.30. The SMILES string of the molecule is CCCCCCOc1ccc(OCC2CCC(c3ccc(C4CCC(C)CC4)c(F)c3F)CC2)c(F)c1. The molecule has 0 spiro atoms. The summed E-state index contributed by atoms with van der Waals surface area (Å²) in [5.74, 6) is 0.193. The van der Waals surface area contributed by atoms with Gasteiger partial charge in [-0.2, -0.15) is 0 Å². The van der Waals surface area contributed by atoms with Gasteiger partial charge in [-0.25, -0.2) is 13.2 Å². The quantitative estimate of drug-likeness (QED) is 0.277. The van der Waals surface area contributed by atoms with Gasteiger partial charge in [0.15, 0.2) is 23.2 Å². The van der Waals surface area contributed by atoms with E-state index in [2.05, 4.69) is 13.8 Å². The van der Waals surface area contributed by atoms with Gasteiger partial charge in [0.2, 0.25) is 0 Å². The Bertz CT molecular complexity index is 992. The smallest absolute Gasteiger partial charge is 0.168 e. The Kier molecular flexibility index (Phi) is 10.2. The summed E-state index contributed by atoms with van der Waals surface area (Å²) < 4.78 is 56.1. The summed E-state index contributed by atoms with van der Waals surface area (Å²) in [5.41, 5.74) is 1.08. The second kappa shape index (κ2) is 13.6. The molecular weight excluding hydrogens is 473 g/mol. The first-order chi connectivity index (χ1) is 18.0. The summed E-state index contributed by atoms with van der Waals surface area (Å²) in [7, 11) is 0. The fourth-order valence-electron chi connectivity index (χ4n) is 6.04. The van der Waals surface area contributed by atoms with Crippen LogP contribution in [0.15, 0.2) is 30.3 Å². The molecule has 0 bridgehead atoms. The van der Waals surface area contributed by atoms with E-state index in [0.717, 1.165) is 64.2 Å². The van der Waals surface area contributed by atoms with Gasteiger partial charge in [0.25, 0.3) is 0 Å². The van der Waals surface area contributed by atoms with Gasteiger partial charge in [-0.3, -0.25) is 0 Å². The van der Waals surface area contributed by atoms with E-state index in [1.165, 1.54) is 18.9 Å². The lowest BCUT2D eigenvalue weighted by atomic mass is 9.76. The number of rotatable bonds is 11. The summed E-state index contributed by atoms with van der Waals surface area (Å²) in [6, 6.07) is 8.45. The molecule has 2 aliphatic rings. The molecule has 2 aromatic carbocycles. The normalized spacial score (nSPS) is 24.1. The maximum atomic E-state index is 15.1. The molecule has 0 amide bonds. The molecule has 0 unspecified atom stereocenters. The first kappa shape index (κ1) is 27.9. The molecule has 0 N–H and O–H groups in total. The largest absolute Gasteiger partial charge is 0.493 e. The summed E-state index contributed by atoms with van der Waals surface area (Å²) in [4.78, 5) is 0. The van der Waals surface area contributed by atoms with Crippen LogP contribution in [-0.4, -0.2) is 13.2 Å². The number of unbranched alkanes of at least 4 members (excludes halogenated alkanes) is 3. The van der Waals surface area contributed by atoms with Crippen molar-refractivity contribution in [2.45, 2.75) is 103 Å². The topological polar surface area (TPSA) is 18.5 Å². The highest BCUT2D eigenvalue weighted by atomic mass is 19.2. The van der Waals surface area contributed by atoms with Crippen molar-refractivity contribution in [3.05, 3.63) is 58.9 Å². The molecule has 0 aromatic heterocycles. The van der Waals surface area contributed by atoms with Crippen LogP contribution in [0.2, 0.25) is 0 Å². The zero-order chi connectivity index (χ0) is 26.2. The van der Waals surface area contributed by atoms with E-state index in [9.17, 15) is 4.39 Å². The van der Waals surface area contributed by atoms with Crippen molar-refractivity contribution in [3.8, 4) is 11.5 Å². The van der Waals surface area contributed by atoms with Crippen molar-refractivity contribution in [1.29, 1.82) is 0 Å². The van der Waals surface area contributed by atoms with E-state index in [1.807, 2.05) is 12.1 Å². The molecule has 2 saturated carbocycles. The van der Waals surface area contributed by atoms with Crippen molar-refractivity contribution < 1.29 is 22.6 Å². The number of halogens is 3. The molecule has 0 aliphatic heterocycles. The second-order valence-electron chi connectivity index (χ2n) is 11.4. The zero-order valence-corrected chi connectivity index (χ0v) is 22.5. The number of ether oxygens (including phenoxy) is 2. The Labute approximate surface area is 220 Å². The van der Waals surface area contributed by atoms with Crippen LogP contribution in [0.25, 0.3) is 0 Å². The lowest BCUT2D eigenvalue weighted by Crippen LogP contribution is -2.20. The van der Waals surface area contributed by atoms with E-state index in [-0.39, 0.29) is 23.5 Å². The van der Waals surface area contributed by atoms with Gasteiger partial charge in [-0.15, -0.1) is 0 Å². The molecule has 2 fully saturated rings. The van der Waals surface area contributed by atoms with Gasteiger partial charge >= 0.3 is 0 Å². The average molecular weight is 517 g/mol. The third-order valence-electron chi connectivity index (χ3n) is 8.53. The van der Waals surface area contributed by atoms with E-state index in [0.29, 0.717) is 36.0 Å². The third kappa shape index (κ3) is 7.45. The fourth-order valence-corrected chi connectivity index (χ4v) is 6.04. The monoisotopic (exact) mass is 516 g/mol. The number of hydrogen-bond donors (Lipinski definition) is 0. The highest BCUT2D eigenvalue weighted by Crippen LogP contribution is 2.41. The first-order valence-electron chi connectivity index (χ1n) is 14.5. The van der Waals surface area contributed by atoms with Crippen LogP contribution in [0.5, 0.6) is 11.5 Å². The summed E-state index contributed by atoms with van der Waals surface area (Å²) >= 11 is 0. The minimum Gasteiger partial charge on any atom is -0.493 e.